The minimum absolute atomic E-state index is 0.0247. The molecule has 2 aromatic heterocycles. The van der Waals surface area contributed by atoms with Gasteiger partial charge in [-0.25, -0.2) is 9.67 Å². The molecular weight excluding hydrogens is 460 g/mol. The van der Waals surface area contributed by atoms with E-state index in [1.165, 1.54) is 48.2 Å². The van der Waals surface area contributed by atoms with Gasteiger partial charge in [-0.05, 0) is 79.4 Å². The van der Waals surface area contributed by atoms with Crippen molar-refractivity contribution >= 4 is 16.8 Å². The lowest BCUT2D eigenvalue weighted by molar-refractivity contribution is 0.0990. The number of rotatable bonds is 7. The summed E-state index contributed by atoms with van der Waals surface area (Å²) in [5, 5.41) is 5.34. The van der Waals surface area contributed by atoms with Crippen LogP contribution in [0.15, 0.2) is 79.0 Å². The van der Waals surface area contributed by atoms with Crippen molar-refractivity contribution < 1.29 is 4.79 Å². The molecule has 0 saturated carbocycles. The van der Waals surface area contributed by atoms with Gasteiger partial charge in [-0.3, -0.25) is 9.69 Å². The first-order valence-corrected chi connectivity index (χ1v) is 12.8. The number of nitrogens with zero attached hydrogens (tertiary/aromatic N) is 5. The molecule has 1 aliphatic rings. The number of carbonyl (C=O) groups excluding carboxylic acids is 1. The van der Waals surface area contributed by atoms with Gasteiger partial charge in [0.1, 0.15) is 5.82 Å². The van der Waals surface area contributed by atoms with Gasteiger partial charge in [-0.2, -0.15) is 0 Å². The van der Waals surface area contributed by atoms with E-state index in [1.54, 1.807) is 11.6 Å². The van der Waals surface area contributed by atoms with Crippen molar-refractivity contribution in [3.8, 4) is 16.8 Å². The molecule has 3 aromatic carbocycles. The first-order valence-electron chi connectivity index (χ1n) is 12.8. The summed E-state index contributed by atoms with van der Waals surface area (Å²) in [6.07, 6.45) is 4.75. The van der Waals surface area contributed by atoms with Crippen molar-refractivity contribution in [2.45, 2.75) is 32.9 Å². The smallest absolute Gasteiger partial charge is 0.288 e. The lowest BCUT2D eigenvalue weighted by Gasteiger charge is -2.14. The average molecular weight is 491 g/mol. The quantitative estimate of drug-likeness (QED) is 0.350. The molecule has 1 aliphatic heterocycles. The molecule has 0 radical (unpaired) electrons. The number of carbonyl (C=O) groups is 1. The summed E-state index contributed by atoms with van der Waals surface area (Å²) >= 11 is 0. The van der Waals surface area contributed by atoms with Gasteiger partial charge in [0.15, 0.2) is 0 Å². The van der Waals surface area contributed by atoms with Crippen molar-refractivity contribution in [3.63, 3.8) is 0 Å². The number of nitrogens with two attached hydrogens (primary N) is 1. The summed E-state index contributed by atoms with van der Waals surface area (Å²) in [4.78, 5) is 18.1. The molecular formula is C30H30N6O. The fourth-order valence-electron chi connectivity index (χ4n) is 5.20. The first kappa shape index (κ1) is 23.2. The Kier molecular flexibility index (Phi) is 6.06. The lowest BCUT2D eigenvalue weighted by Crippen LogP contribution is -2.18. The third-order valence-electron chi connectivity index (χ3n) is 7.19. The zero-order valence-electron chi connectivity index (χ0n) is 21.0. The summed E-state index contributed by atoms with van der Waals surface area (Å²) < 4.78 is 3.89. The van der Waals surface area contributed by atoms with Gasteiger partial charge in [0.05, 0.1) is 5.69 Å². The maximum absolute atomic E-state index is 11.4. The highest BCUT2D eigenvalue weighted by Gasteiger charge is 2.14. The van der Waals surface area contributed by atoms with Crippen molar-refractivity contribution in [3.05, 3.63) is 102 Å². The standard InChI is InChI=1S/C30H30N6O/c1-21-32-30(29(31)37)33-36(21)27-12-13-28-26(18-27)14-17-35(28)20-23-6-10-25(11-7-23)24-8-4-22(5-9-24)19-34-15-2-3-16-34/h4-14,17-18H,2-3,15-16,19-20H2,1H3,(H2,31,37). The van der Waals surface area contributed by atoms with Gasteiger partial charge in [0.2, 0.25) is 5.82 Å². The highest BCUT2D eigenvalue weighted by atomic mass is 16.1. The van der Waals surface area contributed by atoms with E-state index in [0.29, 0.717) is 5.82 Å². The minimum atomic E-state index is -0.630. The number of likely N-dealkylation sites (tertiary alicyclic amines) is 1. The zero-order chi connectivity index (χ0) is 25.4. The molecule has 0 aliphatic carbocycles. The Morgan fingerprint density at radius 1 is 0.865 bits per heavy atom. The number of hydrogen-bond acceptors (Lipinski definition) is 4. The number of fused-ring (bicyclic) bond motifs is 1. The maximum Gasteiger partial charge on any atom is 0.288 e. The summed E-state index contributed by atoms with van der Waals surface area (Å²) in [6.45, 7) is 6.09. The van der Waals surface area contributed by atoms with E-state index in [9.17, 15) is 4.79 Å². The van der Waals surface area contributed by atoms with Crippen LogP contribution in [-0.4, -0.2) is 43.2 Å². The summed E-state index contributed by atoms with van der Waals surface area (Å²) in [7, 11) is 0. The fraction of sp³-hybridized carbons (Fsp3) is 0.233. The number of benzene rings is 3. The molecule has 1 fully saturated rings. The topological polar surface area (TPSA) is 82.0 Å². The first-order chi connectivity index (χ1) is 18.0. The van der Waals surface area contributed by atoms with Crippen LogP contribution >= 0.6 is 0 Å². The number of primary amides is 1. The van der Waals surface area contributed by atoms with Crippen LogP contribution in [0.2, 0.25) is 0 Å². The summed E-state index contributed by atoms with van der Waals surface area (Å²) in [6, 6.07) is 26.0. The molecule has 186 valence electrons. The van der Waals surface area contributed by atoms with Gasteiger partial charge < -0.3 is 10.3 Å². The molecule has 2 N–H and O–H groups in total. The molecule has 3 heterocycles. The maximum atomic E-state index is 11.4. The molecule has 6 rings (SSSR count). The zero-order valence-corrected chi connectivity index (χ0v) is 21.0. The Morgan fingerprint density at radius 2 is 1.51 bits per heavy atom. The van der Waals surface area contributed by atoms with Gasteiger partial charge in [-0.15, -0.1) is 5.10 Å². The highest BCUT2D eigenvalue weighted by Crippen LogP contribution is 2.24. The SMILES string of the molecule is Cc1nc(C(N)=O)nn1-c1ccc2c(ccn2Cc2ccc(-c3ccc(CN4CCCC4)cc3)cc2)c1. The van der Waals surface area contributed by atoms with E-state index in [0.717, 1.165) is 29.7 Å². The Morgan fingerprint density at radius 3 is 2.14 bits per heavy atom. The third-order valence-corrected chi connectivity index (χ3v) is 7.19. The molecule has 0 atom stereocenters. The van der Waals surface area contributed by atoms with Crippen LogP contribution in [-0.2, 0) is 13.1 Å². The van der Waals surface area contributed by atoms with Crippen LogP contribution in [0.5, 0.6) is 0 Å². The second-order valence-electron chi connectivity index (χ2n) is 9.82. The van der Waals surface area contributed by atoms with Crippen LogP contribution in [0.4, 0.5) is 0 Å². The largest absolute Gasteiger partial charge is 0.363 e. The van der Waals surface area contributed by atoms with Crippen LogP contribution in [0.25, 0.3) is 27.7 Å². The summed E-state index contributed by atoms with van der Waals surface area (Å²) in [5.74, 6) is 0.0141. The van der Waals surface area contributed by atoms with Crippen molar-refractivity contribution in [1.82, 2.24) is 24.2 Å². The molecule has 37 heavy (non-hydrogen) atoms. The van der Waals surface area contributed by atoms with E-state index in [-0.39, 0.29) is 5.82 Å². The van der Waals surface area contributed by atoms with Crippen molar-refractivity contribution in [2.75, 3.05) is 13.1 Å². The van der Waals surface area contributed by atoms with Crippen LogP contribution in [0, 0.1) is 6.92 Å². The van der Waals surface area contributed by atoms with E-state index < -0.39 is 5.91 Å². The Balaban J connectivity index is 1.16. The second kappa shape index (κ2) is 9.67. The van der Waals surface area contributed by atoms with Crippen LogP contribution < -0.4 is 5.73 Å². The monoisotopic (exact) mass is 490 g/mol. The van der Waals surface area contributed by atoms with E-state index >= 15 is 0 Å². The Hall–Kier alpha value is -4.23. The van der Waals surface area contributed by atoms with Gasteiger partial charge >= 0.3 is 0 Å². The molecule has 0 bridgehead atoms. The third kappa shape index (κ3) is 4.78. The van der Waals surface area contributed by atoms with Crippen molar-refractivity contribution in [1.29, 1.82) is 0 Å². The van der Waals surface area contributed by atoms with Crippen LogP contribution in [0.3, 0.4) is 0 Å². The number of amides is 1. The van der Waals surface area contributed by atoms with E-state index in [4.69, 9.17) is 5.73 Å². The normalized spacial score (nSPS) is 14.0. The van der Waals surface area contributed by atoms with E-state index in [1.807, 2.05) is 6.07 Å². The van der Waals surface area contributed by atoms with Gasteiger partial charge in [0.25, 0.3) is 5.91 Å². The fourth-order valence-corrected chi connectivity index (χ4v) is 5.20. The van der Waals surface area contributed by atoms with Crippen molar-refractivity contribution in [2.24, 2.45) is 5.73 Å². The molecule has 0 unspecified atom stereocenters. The molecule has 1 amide bonds. The highest BCUT2D eigenvalue weighted by molar-refractivity contribution is 5.88. The van der Waals surface area contributed by atoms with E-state index in [2.05, 4.69) is 92.5 Å². The number of hydrogen-bond donors (Lipinski definition) is 1. The molecule has 1 saturated heterocycles. The molecule has 7 heteroatoms. The number of aromatic nitrogens is 4. The predicted octanol–water partition coefficient (Wildman–Crippen LogP) is 4.94. The lowest BCUT2D eigenvalue weighted by atomic mass is 10.0. The Labute approximate surface area is 216 Å². The molecule has 0 spiro atoms. The van der Waals surface area contributed by atoms with Gasteiger partial charge in [0, 0.05) is 30.2 Å². The Bertz CT molecular complexity index is 1560. The number of aryl methyl sites for hydroxylation is 1. The second-order valence-corrected chi connectivity index (χ2v) is 9.82. The molecule has 7 nitrogen and oxygen atoms in total. The summed E-state index contributed by atoms with van der Waals surface area (Å²) in [5.41, 5.74) is 12.4. The minimum Gasteiger partial charge on any atom is -0.363 e. The average Bonchev–Trinajstić information content (AvgIpc) is 3.66. The van der Waals surface area contributed by atoms with Gasteiger partial charge in [-0.1, -0.05) is 48.5 Å². The van der Waals surface area contributed by atoms with Crippen LogP contribution in [0.1, 0.15) is 40.4 Å². The molecule has 5 aromatic rings. The predicted molar refractivity (Wildman–Crippen MR) is 146 cm³/mol.